The van der Waals surface area contributed by atoms with Crippen molar-refractivity contribution in [2.24, 2.45) is 5.92 Å². The molecule has 1 aromatic heterocycles. The standard InChI is InChI=1S/C15H15N3O3/c19-14-8-11(15(20)21)9-17(14)10-12-6-7-18(16-12)13-4-2-1-3-5-13/h1-7,11H,8-10H2,(H,20,21). The Balaban J connectivity index is 1.71. The fraction of sp³-hybridized carbons (Fsp3) is 0.267. The van der Waals surface area contributed by atoms with E-state index in [0.29, 0.717) is 6.54 Å². The summed E-state index contributed by atoms with van der Waals surface area (Å²) in [5.41, 5.74) is 1.69. The van der Waals surface area contributed by atoms with Gasteiger partial charge in [-0.3, -0.25) is 9.59 Å². The molecule has 0 radical (unpaired) electrons. The Labute approximate surface area is 121 Å². The van der Waals surface area contributed by atoms with E-state index in [9.17, 15) is 9.59 Å². The molecule has 0 bridgehead atoms. The van der Waals surface area contributed by atoms with Crippen molar-refractivity contribution in [2.75, 3.05) is 6.54 Å². The third-order valence-corrected chi connectivity index (χ3v) is 3.58. The van der Waals surface area contributed by atoms with Crippen LogP contribution in [0, 0.1) is 5.92 Å². The highest BCUT2D eigenvalue weighted by atomic mass is 16.4. The van der Waals surface area contributed by atoms with Crippen molar-refractivity contribution in [3.8, 4) is 5.69 Å². The number of nitrogens with zero attached hydrogens (tertiary/aromatic N) is 3. The van der Waals surface area contributed by atoms with Crippen molar-refractivity contribution < 1.29 is 14.7 Å². The number of aliphatic carboxylic acids is 1. The summed E-state index contributed by atoms with van der Waals surface area (Å²) < 4.78 is 1.74. The highest BCUT2D eigenvalue weighted by Gasteiger charge is 2.34. The average molecular weight is 285 g/mol. The molecule has 1 saturated heterocycles. The van der Waals surface area contributed by atoms with Crippen LogP contribution in [0.25, 0.3) is 5.69 Å². The number of carbonyl (C=O) groups is 2. The van der Waals surface area contributed by atoms with Crippen molar-refractivity contribution in [1.82, 2.24) is 14.7 Å². The van der Waals surface area contributed by atoms with E-state index in [1.165, 1.54) is 0 Å². The SMILES string of the molecule is O=C(O)C1CC(=O)N(Cc2ccn(-c3ccccc3)n2)C1. The summed E-state index contributed by atoms with van der Waals surface area (Å²) in [4.78, 5) is 24.3. The lowest BCUT2D eigenvalue weighted by molar-refractivity contribution is -0.141. The van der Waals surface area contributed by atoms with E-state index in [1.807, 2.05) is 42.6 Å². The Morgan fingerprint density at radius 3 is 2.71 bits per heavy atom. The monoisotopic (exact) mass is 285 g/mol. The van der Waals surface area contributed by atoms with Gasteiger partial charge in [-0.15, -0.1) is 0 Å². The molecule has 1 amide bonds. The Bertz CT molecular complexity index is 666. The maximum atomic E-state index is 11.8. The first-order chi connectivity index (χ1) is 10.1. The number of hydrogen-bond acceptors (Lipinski definition) is 3. The smallest absolute Gasteiger partial charge is 0.308 e. The van der Waals surface area contributed by atoms with Gasteiger partial charge in [0.1, 0.15) is 0 Å². The maximum absolute atomic E-state index is 11.8. The van der Waals surface area contributed by atoms with Gasteiger partial charge in [0.15, 0.2) is 0 Å². The fourth-order valence-corrected chi connectivity index (χ4v) is 2.46. The molecular formula is C15H15N3O3. The van der Waals surface area contributed by atoms with Crippen LogP contribution < -0.4 is 0 Å². The zero-order chi connectivity index (χ0) is 14.8. The minimum Gasteiger partial charge on any atom is -0.481 e. The summed E-state index contributed by atoms with van der Waals surface area (Å²) in [6.07, 6.45) is 1.91. The fourth-order valence-electron chi connectivity index (χ4n) is 2.46. The van der Waals surface area contributed by atoms with E-state index >= 15 is 0 Å². The molecule has 0 spiro atoms. The molecular weight excluding hydrogens is 270 g/mol. The summed E-state index contributed by atoms with van der Waals surface area (Å²) in [5, 5.41) is 13.4. The molecule has 3 rings (SSSR count). The third kappa shape index (κ3) is 2.79. The van der Waals surface area contributed by atoms with E-state index in [2.05, 4.69) is 5.10 Å². The van der Waals surface area contributed by atoms with E-state index in [1.54, 1.807) is 9.58 Å². The van der Waals surface area contributed by atoms with Crippen LogP contribution >= 0.6 is 0 Å². The minimum absolute atomic E-state index is 0.0781. The molecule has 21 heavy (non-hydrogen) atoms. The number of carboxylic acid groups (broad SMARTS) is 1. The highest BCUT2D eigenvalue weighted by Crippen LogP contribution is 2.20. The zero-order valence-electron chi connectivity index (χ0n) is 11.3. The van der Waals surface area contributed by atoms with E-state index < -0.39 is 11.9 Å². The van der Waals surface area contributed by atoms with E-state index in [-0.39, 0.29) is 18.9 Å². The number of rotatable bonds is 4. The van der Waals surface area contributed by atoms with Gasteiger partial charge in [0, 0.05) is 19.2 Å². The van der Waals surface area contributed by atoms with Crippen LogP contribution in [0.15, 0.2) is 42.6 Å². The Morgan fingerprint density at radius 1 is 1.29 bits per heavy atom. The predicted octanol–water partition coefficient (Wildman–Crippen LogP) is 1.31. The average Bonchev–Trinajstić information content (AvgIpc) is 3.08. The van der Waals surface area contributed by atoms with Crippen molar-refractivity contribution in [3.05, 3.63) is 48.3 Å². The molecule has 1 N–H and O–H groups in total. The van der Waals surface area contributed by atoms with Crippen LogP contribution in [0.5, 0.6) is 0 Å². The lowest BCUT2D eigenvalue weighted by Crippen LogP contribution is -2.26. The van der Waals surface area contributed by atoms with Crippen LogP contribution in [0.2, 0.25) is 0 Å². The van der Waals surface area contributed by atoms with Gasteiger partial charge in [-0.2, -0.15) is 5.10 Å². The van der Waals surface area contributed by atoms with Gasteiger partial charge >= 0.3 is 5.97 Å². The molecule has 108 valence electrons. The van der Waals surface area contributed by atoms with Crippen LogP contribution in [0.4, 0.5) is 0 Å². The minimum atomic E-state index is -0.916. The van der Waals surface area contributed by atoms with Gasteiger partial charge in [-0.1, -0.05) is 18.2 Å². The molecule has 1 fully saturated rings. The molecule has 1 atom stereocenters. The van der Waals surface area contributed by atoms with Crippen LogP contribution in [0.1, 0.15) is 12.1 Å². The molecule has 0 saturated carbocycles. The first kappa shape index (κ1) is 13.4. The number of carboxylic acids is 1. The number of likely N-dealkylation sites (tertiary alicyclic amines) is 1. The molecule has 6 heteroatoms. The number of aromatic nitrogens is 2. The number of benzene rings is 1. The molecule has 1 unspecified atom stereocenters. The summed E-state index contributed by atoms with van der Waals surface area (Å²) in [6, 6.07) is 11.5. The number of amides is 1. The van der Waals surface area contributed by atoms with Gasteiger partial charge in [0.2, 0.25) is 5.91 Å². The van der Waals surface area contributed by atoms with Crippen LogP contribution in [0.3, 0.4) is 0 Å². The highest BCUT2D eigenvalue weighted by molar-refractivity contribution is 5.86. The van der Waals surface area contributed by atoms with Crippen LogP contribution in [-0.4, -0.2) is 38.2 Å². The Kier molecular flexibility index (Phi) is 3.43. The number of carbonyl (C=O) groups excluding carboxylic acids is 1. The molecule has 2 aromatic rings. The summed E-state index contributed by atoms with van der Waals surface area (Å²) in [5.74, 6) is -1.65. The maximum Gasteiger partial charge on any atom is 0.308 e. The van der Waals surface area contributed by atoms with Gasteiger partial charge < -0.3 is 10.0 Å². The first-order valence-corrected chi connectivity index (χ1v) is 6.74. The normalized spacial score (nSPS) is 18.2. The second-order valence-electron chi connectivity index (χ2n) is 5.10. The Morgan fingerprint density at radius 2 is 2.05 bits per heavy atom. The van der Waals surface area contributed by atoms with E-state index in [4.69, 9.17) is 5.11 Å². The molecule has 1 aliphatic heterocycles. The van der Waals surface area contributed by atoms with Gasteiger partial charge in [-0.05, 0) is 18.2 Å². The van der Waals surface area contributed by atoms with Gasteiger partial charge in [0.25, 0.3) is 0 Å². The summed E-state index contributed by atoms with van der Waals surface area (Å²) in [7, 11) is 0. The molecule has 1 aromatic carbocycles. The largest absolute Gasteiger partial charge is 0.481 e. The lowest BCUT2D eigenvalue weighted by Gasteiger charge is -2.14. The molecule has 6 nitrogen and oxygen atoms in total. The summed E-state index contributed by atoms with van der Waals surface area (Å²) >= 11 is 0. The third-order valence-electron chi connectivity index (χ3n) is 3.58. The molecule has 1 aliphatic rings. The quantitative estimate of drug-likeness (QED) is 0.919. The second kappa shape index (κ2) is 5.40. The topological polar surface area (TPSA) is 75.4 Å². The second-order valence-corrected chi connectivity index (χ2v) is 5.10. The molecule has 2 heterocycles. The lowest BCUT2D eigenvalue weighted by atomic mass is 10.1. The Hall–Kier alpha value is -2.63. The van der Waals surface area contributed by atoms with Crippen molar-refractivity contribution in [3.63, 3.8) is 0 Å². The van der Waals surface area contributed by atoms with Gasteiger partial charge in [-0.25, -0.2) is 4.68 Å². The van der Waals surface area contributed by atoms with Gasteiger partial charge in [0.05, 0.1) is 23.8 Å². The number of para-hydroxylation sites is 1. The van der Waals surface area contributed by atoms with Crippen molar-refractivity contribution in [1.29, 1.82) is 0 Å². The zero-order valence-corrected chi connectivity index (χ0v) is 11.3. The van der Waals surface area contributed by atoms with E-state index in [0.717, 1.165) is 11.4 Å². The number of hydrogen-bond donors (Lipinski definition) is 1. The van der Waals surface area contributed by atoms with Crippen LogP contribution in [-0.2, 0) is 16.1 Å². The predicted molar refractivity (Wildman–Crippen MR) is 74.7 cm³/mol. The molecule has 0 aliphatic carbocycles. The summed E-state index contributed by atoms with van der Waals surface area (Å²) in [6.45, 7) is 0.606. The van der Waals surface area contributed by atoms with Crippen molar-refractivity contribution >= 4 is 11.9 Å². The first-order valence-electron chi connectivity index (χ1n) is 6.74. The van der Waals surface area contributed by atoms with Crippen molar-refractivity contribution in [2.45, 2.75) is 13.0 Å².